The average Bonchev–Trinajstić information content (AvgIpc) is 2.33. The van der Waals surface area contributed by atoms with Gasteiger partial charge in [0.25, 0.3) is 0 Å². The Hall–Kier alpha value is -0.120. The second kappa shape index (κ2) is 2.25. The molecule has 2 saturated heterocycles. The maximum Gasteiger partial charge on any atom is 0.0872 e. The largest absolute Gasteiger partial charge is 0.374 e. The molecule has 0 saturated carbocycles. The van der Waals surface area contributed by atoms with Crippen molar-refractivity contribution in [2.75, 3.05) is 19.7 Å². The van der Waals surface area contributed by atoms with Gasteiger partial charge in [0.05, 0.1) is 18.9 Å². The van der Waals surface area contributed by atoms with Crippen molar-refractivity contribution in [1.82, 2.24) is 10.6 Å². The van der Waals surface area contributed by atoms with Crippen molar-refractivity contribution >= 4 is 0 Å². The standard InChI is InChI=1S/C6H12N2O/c1-2-7-6-5(1)9-4-3-8-6/h5-8H,1-4H2. The molecular weight excluding hydrogens is 116 g/mol. The molecule has 0 radical (unpaired) electrons. The first kappa shape index (κ1) is 5.65. The monoisotopic (exact) mass is 128 g/mol. The van der Waals surface area contributed by atoms with Crippen molar-refractivity contribution in [2.45, 2.75) is 18.7 Å². The van der Waals surface area contributed by atoms with Gasteiger partial charge in [-0.3, -0.25) is 10.6 Å². The zero-order valence-corrected chi connectivity index (χ0v) is 5.39. The van der Waals surface area contributed by atoms with E-state index in [1.165, 1.54) is 0 Å². The molecule has 0 aliphatic carbocycles. The molecule has 2 aliphatic heterocycles. The Morgan fingerprint density at radius 3 is 3.00 bits per heavy atom. The molecule has 2 atom stereocenters. The summed E-state index contributed by atoms with van der Waals surface area (Å²) in [5.74, 6) is 0. The van der Waals surface area contributed by atoms with E-state index in [1.807, 2.05) is 0 Å². The van der Waals surface area contributed by atoms with E-state index >= 15 is 0 Å². The van der Waals surface area contributed by atoms with Crippen molar-refractivity contribution in [3.05, 3.63) is 0 Å². The van der Waals surface area contributed by atoms with E-state index in [9.17, 15) is 0 Å². The van der Waals surface area contributed by atoms with E-state index in [-0.39, 0.29) is 0 Å². The lowest BCUT2D eigenvalue weighted by atomic mass is 10.2. The predicted octanol–water partition coefficient (Wildman–Crippen LogP) is -0.706. The zero-order valence-electron chi connectivity index (χ0n) is 5.39. The van der Waals surface area contributed by atoms with Gasteiger partial charge in [-0.1, -0.05) is 0 Å². The summed E-state index contributed by atoms with van der Waals surface area (Å²) in [6.45, 7) is 2.97. The molecule has 0 aromatic heterocycles. The smallest absolute Gasteiger partial charge is 0.0872 e. The van der Waals surface area contributed by atoms with Gasteiger partial charge in [0.15, 0.2) is 0 Å². The molecule has 2 aliphatic rings. The quantitative estimate of drug-likeness (QED) is 0.452. The highest BCUT2D eigenvalue weighted by atomic mass is 16.5. The van der Waals surface area contributed by atoms with Gasteiger partial charge in [-0.05, 0) is 13.0 Å². The SMILES string of the molecule is C1COC2CCNC2N1. The maximum absolute atomic E-state index is 5.48. The summed E-state index contributed by atoms with van der Waals surface area (Å²) in [7, 11) is 0. The van der Waals surface area contributed by atoms with Gasteiger partial charge in [-0.25, -0.2) is 0 Å². The molecule has 2 heterocycles. The molecule has 0 bridgehead atoms. The van der Waals surface area contributed by atoms with E-state index in [4.69, 9.17) is 4.74 Å². The first-order chi connectivity index (χ1) is 4.47. The predicted molar refractivity (Wildman–Crippen MR) is 34.2 cm³/mol. The van der Waals surface area contributed by atoms with Crippen LogP contribution in [0.3, 0.4) is 0 Å². The van der Waals surface area contributed by atoms with Crippen LogP contribution in [0.1, 0.15) is 6.42 Å². The molecule has 2 rings (SSSR count). The summed E-state index contributed by atoms with van der Waals surface area (Å²) in [5.41, 5.74) is 0. The number of morpholine rings is 1. The van der Waals surface area contributed by atoms with Gasteiger partial charge in [-0.2, -0.15) is 0 Å². The van der Waals surface area contributed by atoms with Crippen molar-refractivity contribution in [2.24, 2.45) is 0 Å². The minimum absolute atomic E-state index is 0.443. The van der Waals surface area contributed by atoms with E-state index in [0.717, 1.165) is 26.1 Å². The molecule has 0 spiro atoms. The van der Waals surface area contributed by atoms with Crippen LogP contribution >= 0.6 is 0 Å². The van der Waals surface area contributed by atoms with Gasteiger partial charge in [0.2, 0.25) is 0 Å². The Balaban J connectivity index is 1.97. The molecule has 3 nitrogen and oxygen atoms in total. The van der Waals surface area contributed by atoms with E-state index < -0.39 is 0 Å². The van der Waals surface area contributed by atoms with Crippen LogP contribution < -0.4 is 10.6 Å². The second-order valence-corrected chi connectivity index (χ2v) is 2.58. The van der Waals surface area contributed by atoms with Crippen LogP contribution in [0.25, 0.3) is 0 Å². The lowest BCUT2D eigenvalue weighted by molar-refractivity contribution is 0.00777. The number of hydrogen-bond acceptors (Lipinski definition) is 3. The lowest BCUT2D eigenvalue weighted by Crippen LogP contribution is -2.50. The molecule has 0 aromatic rings. The summed E-state index contributed by atoms with van der Waals surface area (Å²) in [6, 6.07) is 0. The number of hydrogen-bond donors (Lipinski definition) is 2. The van der Waals surface area contributed by atoms with Gasteiger partial charge in [-0.15, -0.1) is 0 Å². The van der Waals surface area contributed by atoms with Crippen molar-refractivity contribution < 1.29 is 4.74 Å². The number of fused-ring (bicyclic) bond motifs is 1. The molecule has 52 valence electrons. The van der Waals surface area contributed by atoms with Crippen LogP contribution in [0.15, 0.2) is 0 Å². The van der Waals surface area contributed by atoms with Crippen LogP contribution in [-0.4, -0.2) is 32.0 Å². The topological polar surface area (TPSA) is 33.3 Å². The number of ether oxygens (including phenoxy) is 1. The first-order valence-electron chi connectivity index (χ1n) is 3.55. The third kappa shape index (κ3) is 0.956. The van der Waals surface area contributed by atoms with Crippen LogP contribution in [0.5, 0.6) is 0 Å². The summed E-state index contributed by atoms with van der Waals surface area (Å²) in [4.78, 5) is 0. The first-order valence-corrected chi connectivity index (χ1v) is 3.55. The molecule has 2 unspecified atom stereocenters. The van der Waals surface area contributed by atoms with E-state index in [0.29, 0.717) is 12.3 Å². The van der Waals surface area contributed by atoms with Crippen LogP contribution in [0, 0.1) is 0 Å². The minimum atomic E-state index is 0.443. The average molecular weight is 128 g/mol. The molecular formula is C6H12N2O. The van der Waals surface area contributed by atoms with E-state index in [2.05, 4.69) is 10.6 Å². The van der Waals surface area contributed by atoms with Crippen molar-refractivity contribution in [3.8, 4) is 0 Å². The summed E-state index contributed by atoms with van der Waals surface area (Å²) < 4.78 is 5.48. The highest BCUT2D eigenvalue weighted by Crippen LogP contribution is 2.11. The van der Waals surface area contributed by atoms with Crippen LogP contribution in [0.4, 0.5) is 0 Å². The molecule has 2 fully saturated rings. The summed E-state index contributed by atoms with van der Waals surface area (Å²) in [5, 5.41) is 6.67. The van der Waals surface area contributed by atoms with E-state index in [1.54, 1.807) is 0 Å². The van der Waals surface area contributed by atoms with Crippen molar-refractivity contribution in [3.63, 3.8) is 0 Å². The Bertz CT molecular complexity index is 95.2. The highest BCUT2D eigenvalue weighted by molar-refractivity contribution is 4.85. The molecule has 9 heavy (non-hydrogen) atoms. The highest BCUT2D eigenvalue weighted by Gasteiger charge is 2.29. The minimum Gasteiger partial charge on any atom is -0.374 e. The van der Waals surface area contributed by atoms with Gasteiger partial charge in [0, 0.05) is 6.54 Å². The Kier molecular flexibility index (Phi) is 1.41. The zero-order chi connectivity index (χ0) is 6.10. The normalized spacial score (nSPS) is 42.7. The molecule has 0 amide bonds. The third-order valence-corrected chi connectivity index (χ3v) is 1.96. The Morgan fingerprint density at radius 2 is 2.11 bits per heavy atom. The maximum atomic E-state index is 5.48. The van der Waals surface area contributed by atoms with Gasteiger partial charge < -0.3 is 4.74 Å². The molecule has 3 heteroatoms. The van der Waals surface area contributed by atoms with Gasteiger partial charge in [0.1, 0.15) is 0 Å². The van der Waals surface area contributed by atoms with Crippen LogP contribution in [0.2, 0.25) is 0 Å². The Labute approximate surface area is 54.8 Å². The summed E-state index contributed by atoms with van der Waals surface area (Å²) >= 11 is 0. The third-order valence-electron chi connectivity index (χ3n) is 1.96. The molecule has 2 N–H and O–H groups in total. The fourth-order valence-corrected chi connectivity index (χ4v) is 1.49. The Morgan fingerprint density at radius 1 is 1.22 bits per heavy atom. The molecule has 0 aromatic carbocycles. The van der Waals surface area contributed by atoms with Crippen LogP contribution in [-0.2, 0) is 4.74 Å². The lowest BCUT2D eigenvalue weighted by Gasteiger charge is -2.26. The summed E-state index contributed by atoms with van der Waals surface area (Å²) in [6.07, 6.45) is 2.05. The second-order valence-electron chi connectivity index (χ2n) is 2.58. The number of nitrogens with one attached hydrogen (secondary N) is 2. The number of rotatable bonds is 0. The van der Waals surface area contributed by atoms with Gasteiger partial charge >= 0.3 is 0 Å². The fourth-order valence-electron chi connectivity index (χ4n) is 1.49. The fraction of sp³-hybridized carbons (Fsp3) is 1.00. The van der Waals surface area contributed by atoms with Crippen molar-refractivity contribution in [1.29, 1.82) is 0 Å².